The molecule has 1 saturated heterocycles. The fourth-order valence-corrected chi connectivity index (χ4v) is 1.91. The van der Waals surface area contributed by atoms with Crippen molar-refractivity contribution in [1.29, 1.82) is 0 Å². The Labute approximate surface area is 87.6 Å². The average molecular weight is 200 g/mol. The molecule has 0 bridgehead atoms. The number of rotatable bonds is 5. The minimum Gasteiger partial charge on any atom is -0.377 e. The van der Waals surface area contributed by atoms with E-state index in [4.69, 9.17) is 10.5 Å². The van der Waals surface area contributed by atoms with Crippen molar-refractivity contribution in [1.82, 2.24) is 4.90 Å². The first kappa shape index (κ1) is 12.0. The highest BCUT2D eigenvalue weighted by molar-refractivity contribution is 4.80. The molecule has 14 heavy (non-hydrogen) atoms. The highest BCUT2D eigenvalue weighted by Gasteiger charge is 2.24. The van der Waals surface area contributed by atoms with Crippen molar-refractivity contribution in [3.8, 4) is 0 Å². The number of hydrogen-bond acceptors (Lipinski definition) is 3. The normalized spacial score (nSPS) is 25.9. The molecule has 2 unspecified atom stereocenters. The molecule has 84 valence electrons. The lowest BCUT2D eigenvalue weighted by Crippen LogP contribution is -2.31. The van der Waals surface area contributed by atoms with E-state index in [9.17, 15) is 0 Å². The largest absolute Gasteiger partial charge is 0.377 e. The lowest BCUT2D eigenvalue weighted by molar-refractivity contribution is 0.0627. The van der Waals surface area contributed by atoms with Crippen molar-refractivity contribution in [3.63, 3.8) is 0 Å². The Kier molecular flexibility index (Phi) is 4.85. The molecular weight excluding hydrogens is 176 g/mol. The van der Waals surface area contributed by atoms with Gasteiger partial charge in [0.15, 0.2) is 0 Å². The molecule has 0 radical (unpaired) electrons. The molecule has 0 saturated carbocycles. The molecule has 1 aliphatic rings. The standard InChI is InChI=1S/C11H24N2O/c1-9(2)14-7-6-13-5-4-11(8-13)10(3)12/h9-11H,4-8,12H2,1-3H3. The van der Waals surface area contributed by atoms with Crippen LogP contribution in [-0.2, 0) is 4.74 Å². The average Bonchev–Trinajstić information content (AvgIpc) is 2.52. The summed E-state index contributed by atoms with van der Waals surface area (Å²) in [4.78, 5) is 2.45. The van der Waals surface area contributed by atoms with Crippen LogP contribution in [0, 0.1) is 5.92 Å². The van der Waals surface area contributed by atoms with Crippen molar-refractivity contribution in [3.05, 3.63) is 0 Å². The summed E-state index contributed by atoms with van der Waals surface area (Å²) in [6.45, 7) is 10.5. The third-order valence-electron chi connectivity index (χ3n) is 2.91. The second-order valence-corrected chi connectivity index (χ2v) is 4.63. The van der Waals surface area contributed by atoms with Crippen LogP contribution in [0.25, 0.3) is 0 Å². The molecule has 1 aliphatic heterocycles. The van der Waals surface area contributed by atoms with Crippen LogP contribution in [0.5, 0.6) is 0 Å². The molecule has 0 aromatic rings. The molecule has 0 aromatic heterocycles. The zero-order valence-corrected chi connectivity index (χ0v) is 9.70. The van der Waals surface area contributed by atoms with E-state index in [2.05, 4.69) is 25.7 Å². The number of likely N-dealkylation sites (tertiary alicyclic amines) is 1. The summed E-state index contributed by atoms with van der Waals surface area (Å²) in [5, 5.41) is 0. The molecule has 2 atom stereocenters. The molecule has 1 fully saturated rings. The van der Waals surface area contributed by atoms with E-state index < -0.39 is 0 Å². The summed E-state index contributed by atoms with van der Waals surface area (Å²) < 4.78 is 5.53. The van der Waals surface area contributed by atoms with Crippen LogP contribution < -0.4 is 5.73 Å². The van der Waals surface area contributed by atoms with Gasteiger partial charge in [-0.1, -0.05) is 0 Å². The van der Waals surface area contributed by atoms with Crippen LogP contribution >= 0.6 is 0 Å². The first-order valence-electron chi connectivity index (χ1n) is 5.69. The highest BCUT2D eigenvalue weighted by Crippen LogP contribution is 2.17. The van der Waals surface area contributed by atoms with Crippen LogP contribution in [-0.4, -0.2) is 43.3 Å². The monoisotopic (exact) mass is 200 g/mol. The van der Waals surface area contributed by atoms with Crippen molar-refractivity contribution < 1.29 is 4.74 Å². The van der Waals surface area contributed by atoms with Crippen molar-refractivity contribution >= 4 is 0 Å². The predicted octanol–water partition coefficient (Wildman–Crippen LogP) is 1.08. The zero-order valence-electron chi connectivity index (χ0n) is 9.70. The molecule has 0 amide bonds. The van der Waals surface area contributed by atoms with Gasteiger partial charge in [-0.25, -0.2) is 0 Å². The Bertz CT molecular complexity index is 159. The SMILES string of the molecule is CC(C)OCCN1CCC(C(C)N)C1. The van der Waals surface area contributed by atoms with Gasteiger partial charge in [-0.05, 0) is 39.7 Å². The van der Waals surface area contributed by atoms with E-state index in [0.29, 0.717) is 18.1 Å². The fraction of sp³-hybridized carbons (Fsp3) is 1.00. The van der Waals surface area contributed by atoms with E-state index in [-0.39, 0.29) is 0 Å². The van der Waals surface area contributed by atoms with Gasteiger partial charge in [0.25, 0.3) is 0 Å². The Morgan fingerprint density at radius 2 is 2.14 bits per heavy atom. The molecule has 3 heteroatoms. The Morgan fingerprint density at radius 1 is 1.43 bits per heavy atom. The first-order valence-corrected chi connectivity index (χ1v) is 5.69. The van der Waals surface area contributed by atoms with Gasteiger partial charge >= 0.3 is 0 Å². The summed E-state index contributed by atoms with van der Waals surface area (Å²) >= 11 is 0. The second-order valence-electron chi connectivity index (χ2n) is 4.63. The van der Waals surface area contributed by atoms with Gasteiger partial charge in [-0.2, -0.15) is 0 Å². The first-order chi connectivity index (χ1) is 6.59. The molecule has 3 nitrogen and oxygen atoms in total. The van der Waals surface area contributed by atoms with Gasteiger partial charge in [0.05, 0.1) is 12.7 Å². The van der Waals surface area contributed by atoms with Gasteiger partial charge in [0.2, 0.25) is 0 Å². The minimum atomic E-state index is 0.339. The Hall–Kier alpha value is -0.120. The van der Waals surface area contributed by atoms with E-state index in [1.54, 1.807) is 0 Å². The Balaban J connectivity index is 2.10. The Morgan fingerprint density at radius 3 is 2.64 bits per heavy atom. The van der Waals surface area contributed by atoms with E-state index in [1.807, 2.05) is 0 Å². The van der Waals surface area contributed by atoms with Gasteiger partial charge < -0.3 is 15.4 Å². The van der Waals surface area contributed by atoms with Crippen LogP contribution in [0.3, 0.4) is 0 Å². The lowest BCUT2D eigenvalue weighted by Gasteiger charge is -2.18. The summed E-state index contributed by atoms with van der Waals surface area (Å²) in [5.41, 5.74) is 5.88. The topological polar surface area (TPSA) is 38.5 Å². The predicted molar refractivity (Wildman–Crippen MR) is 59.3 cm³/mol. The van der Waals surface area contributed by atoms with Gasteiger partial charge in [0.1, 0.15) is 0 Å². The minimum absolute atomic E-state index is 0.339. The zero-order chi connectivity index (χ0) is 10.6. The van der Waals surface area contributed by atoms with Crippen molar-refractivity contribution in [2.45, 2.75) is 39.3 Å². The second kappa shape index (κ2) is 5.69. The van der Waals surface area contributed by atoms with Crippen molar-refractivity contribution in [2.75, 3.05) is 26.2 Å². The maximum absolute atomic E-state index is 5.88. The van der Waals surface area contributed by atoms with Gasteiger partial charge in [-0.3, -0.25) is 0 Å². The number of hydrogen-bond donors (Lipinski definition) is 1. The highest BCUT2D eigenvalue weighted by atomic mass is 16.5. The summed E-state index contributed by atoms with van der Waals surface area (Å²) in [6.07, 6.45) is 1.60. The van der Waals surface area contributed by atoms with Crippen molar-refractivity contribution in [2.24, 2.45) is 11.7 Å². The number of ether oxygens (including phenoxy) is 1. The van der Waals surface area contributed by atoms with E-state index >= 15 is 0 Å². The summed E-state index contributed by atoms with van der Waals surface area (Å²) in [6, 6.07) is 0.339. The molecular formula is C11H24N2O. The summed E-state index contributed by atoms with van der Waals surface area (Å²) in [7, 11) is 0. The van der Waals surface area contributed by atoms with Crippen LogP contribution in [0.4, 0.5) is 0 Å². The molecule has 0 spiro atoms. The van der Waals surface area contributed by atoms with E-state index in [1.165, 1.54) is 13.0 Å². The van der Waals surface area contributed by atoms with Crippen LogP contribution in [0.1, 0.15) is 27.2 Å². The van der Waals surface area contributed by atoms with E-state index in [0.717, 1.165) is 19.7 Å². The molecule has 1 rings (SSSR count). The molecule has 1 heterocycles. The van der Waals surface area contributed by atoms with Crippen LogP contribution in [0.15, 0.2) is 0 Å². The van der Waals surface area contributed by atoms with Gasteiger partial charge in [-0.15, -0.1) is 0 Å². The maximum atomic E-state index is 5.88. The number of nitrogens with zero attached hydrogens (tertiary/aromatic N) is 1. The smallest absolute Gasteiger partial charge is 0.0596 e. The quantitative estimate of drug-likeness (QED) is 0.722. The third kappa shape index (κ3) is 3.95. The molecule has 0 aromatic carbocycles. The number of nitrogens with two attached hydrogens (primary N) is 1. The maximum Gasteiger partial charge on any atom is 0.0596 e. The molecule has 2 N–H and O–H groups in total. The van der Waals surface area contributed by atoms with Gasteiger partial charge in [0, 0.05) is 19.1 Å². The third-order valence-corrected chi connectivity index (χ3v) is 2.91. The fourth-order valence-electron chi connectivity index (χ4n) is 1.91. The van der Waals surface area contributed by atoms with Crippen LogP contribution in [0.2, 0.25) is 0 Å². The molecule has 0 aliphatic carbocycles. The lowest BCUT2D eigenvalue weighted by atomic mass is 10.0. The summed E-state index contributed by atoms with van der Waals surface area (Å²) in [5.74, 6) is 0.689.